The van der Waals surface area contributed by atoms with Gasteiger partial charge in [0.05, 0.1) is 6.04 Å². The van der Waals surface area contributed by atoms with E-state index in [1.54, 1.807) is 0 Å². The van der Waals surface area contributed by atoms with Crippen LogP contribution in [0.15, 0.2) is 0 Å². The van der Waals surface area contributed by atoms with Crippen molar-refractivity contribution in [1.82, 2.24) is 15.5 Å². The van der Waals surface area contributed by atoms with Gasteiger partial charge >= 0.3 is 0 Å². The number of nitrogens with one attached hydrogen (secondary N) is 2. The maximum atomic E-state index is 12.3. The van der Waals surface area contributed by atoms with Crippen molar-refractivity contribution in [3.8, 4) is 0 Å². The van der Waals surface area contributed by atoms with Gasteiger partial charge in [0.2, 0.25) is 5.91 Å². The standard InChI is InChI=1S/C17H35N3O/c1-5-12-20(13-16-7-9-18-10-8-16)15(4)17(21)19-11-6-14(2)3/h14-16,18H,5-13H2,1-4H3,(H,19,21). The van der Waals surface area contributed by atoms with E-state index in [-0.39, 0.29) is 11.9 Å². The molecule has 0 spiro atoms. The first kappa shape index (κ1) is 18.4. The van der Waals surface area contributed by atoms with E-state index < -0.39 is 0 Å². The van der Waals surface area contributed by atoms with Crippen LogP contribution in [0.25, 0.3) is 0 Å². The minimum absolute atomic E-state index is 0.00741. The third kappa shape index (κ3) is 7.28. The van der Waals surface area contributed by atoms with Crippen LogP contribution >= 0.6 is 0 Å². The van der Waals surface area contributed by atoms with Gasteiger partial charge in [0.1, 0.15) is 0 Å². The summed E-state index contributed by atoms with van der Waals surface area (Å²) in [4.78, 5) is 14.7. The number of carbonyl (C=O) groups excluding carboxylic acids is 1. The molecule has 2 N–H and O–H groups in total. The Labute approximate surface area is 131 Å². The van der Waals surface area contributed by atoms with E-state index in [4.69, 9.17) is 0 Å². The van der Waals surface area contributed by atoms with E-state index in [9.17, 15) is 4.79 Å². The molecule has 4 heteroatoms. The van der Waals surface area contributed by atoms with Crippen LogP contribution in [0.5, 0.6) is 0 Å². The van der Waals surface area contributed by atoms with Crippen LogP contribution in [0.2, 0.25) is 0 Å². The first-order valence-corrected chi connectivity index (χ1v) is 8.77. The lowest BCUT2D eigenvalue weighted by Crippen LogP contribution is -2.48. The van der Waals surface area contributed by atoms with Gasteiger partial charge < -0.3 is 10.6 Å². The summed E-state index contributed by atoms with van der Waals surface area (Å²) < 4.78 is 0. The number of amides is 1. The Bertz CT molecular complexity index is 288. The number of nitrogens with zero attached hydrogens (tertiary/aromatic N) is 1. The Morgan fingerprint density at radius 1 is 1.29 bits per heavy atom. The molecule has 0 aliphatic carbocycles. The topological polar surface area (TPSA) is 44.4 Å². The molecule has 1 fully saturated rings. The van der Waals surface area contributed by atoms with E-state index in [0.29, 0.717) is 5.92 Å². The highest BCUT2D eigenvalue weighted by molar-refractivity contribution is 5.81. The number of rotatable bonds is 9. The second kappa shape index (κ2) is 10.2. The molecular formula is C17H35N3O. The highest BCUT2D eigenvalue weighted by Gasteiger charge is 2.24. The Hall–Kier alpha value is -0.610. The van der Waals surface area contributed by atoms with Crippen molar-refractivity contribution in [3.05, 3.63) is 0 Å². The van der Waals surface area contributed by atoms with Gasteiger partial charge in [0.25, 0.3) is 0 Å². The fourth-order valence-electron chi connectivity index (χ4n) is 2.92. The molecule has 1 heterocycles. The molecule has 0 saturated carbocycles. The van der Waals surface area contributed by atoms with Crippen LogP contribution in [0, 0.1) is 11.8 Å². The number of piperidine rings is 1. The van der Waals surface area contributed by atoms with Crippen molar-refractivity contribution in [3.63, 3.8) is 0 Å². The molecule has 1 rings (SSSR count). The van der Waals surface area contributed by atoms with Crippen molar-refractivity contribution >= 4 is 5.91 Å². The molecule has 0 radical (unpaired) electrons. The second-order valence-electron chi connectivity index (χ2n) is 6.84. The van der Waals surface area contributed by atoms with Crippen LogP contribution in [-0.4, -0.2) is 49.6 Å². The van der Waals surface area contributed by atoms with E-state index in [2.05, 4.69) is 43.2 Å². The molecule has 4 nitrogen and oxygen atoms in total. The Kier molecular flexibility index (Phi) is 8.93. The molecule has 0 aromatic heterocycles. The predicted molar refractivity (Wildman–Crippen MR) is 89.4 cm³/mol. The largest absolute Gasteiger partial charge is 0.355 e. The minimum Gasteiger partial charge on any atom is -0.355 e. The molecule has 21 heavy (non-hydrogen) atoms. The summed E-state index contributed by atoms with van der Waals surface area (Å²) in [5.41, 5.74) is 0. The van der Waals surface area contributed by atoms with E-state index in [1.807, 2.05) is 0 Å². The van der Waals surface area contributed by atoms with Gasteiger partial charge in [-0.1, -0.05) is 20.8 Å². The summed E-state index contributed by atoms with van der Waals surface area (Å²) in [5.74, 6) is 1.57. The molecule has 1 unspecified atom stereocenters. The van der Waals surface area contributed by atoms with Crippen molar-refractivity contribution < 1.29 is 4.79 Å². The van der Waals surface area contributed by atoms with Crippen LogP contribution < -0.4 is 10.6 Å². The number of carbonyl (C=O) groups is 1. The first-order valence-electron chi connectivity index (χ1n) is 8.77. The van der Waals surface area contributed by atoms with Crippen LogP contribution in [0.3, 0.4) is 0 Å². The number of hydrogen-bond donors (Lipinski definition) is 2. The lowest BCUT2D eigenvalue weighted by Gasteiger charge is -2.33. The van der Waals surface area contributed by atoms with E-state index in [0.717, 1.165) is 51.5 Å². The van der Waals surface area contributed by atoms with Gasteiger partial charge in [-0.25, -0.2) is 0 Å². The third-order valence-electron chi connectivity index (χ3n) is 4.41. The van der Waals surface area contributed by atoms with Gasteiger partial charge in [-0.2, -0.15) is 0 Å². The zero-order valence-corrected chi connectivity index (χ0v) is 14.5. The molecule has 0 aromatic carbocycles. The zero-order chi connectivity index (χ0) is 15.7. The molecule has 0 bridgehead atoms. The van der Waals surface area contributed by atoms with Crippen LogP contribution in [0.4, 0.5) is 0 Å². The summed E-state index contributed by atoms with van der Waals surface area (Å²) in [5, 5.41) is 6.51. The SMILES string of the molecule is CCCN(CC1CCNCC1)C(C)C(=O)NCCC(C)C. The molecule has 0 aromatic rings. The quantitative estimate of drug-likeness (QED) is 0.686. The highest BCUT2D eigenvalue weighted by atomic mass is 16.2. The fourth-order valence-corrected chi connectivity index (χ4v) is 2.92. The maximum Gasteiger partial charge on any atom is 0.237 e. The Morgan fingerprint density at radius 3 is 2.52 bits per heavy atom. The average molecular weight is 297 g/mol. The highest BCUT2D eigenvalue weighted by Crippen LogP contribution is 2.15. The Morgan fingerprint density at radius 2 is 1.95 bits per heavy atom. The molecular weight excluding hydrogens is 262 g/mol. The third-order valence-corrected chi connectivity index (χ3v) is 4.41. The summed E-state index contributed by atoms with van der Waals surface area (Å²) in [6, 6.07) is -0.00741. The summed E-state index contributed by atoms with van der Waals surface area (Å²) >= 11 is 0. The van der Waals surface area contributed by atoms with Gasteiger partial charge in [0, 0.05) is 13.1 Å². The first-order chi connectivity index (χ1) is 10.0. The van der Waals surface area contributed by atoms with E-state index in [1.165, 1.54) is 12.8 Å². The molecule has 1 aliphatic rings. The summed E-state index contributed by atoms with van der Waals surface area (Å²) in [6.07, 6.45) is 4.64. The Balaban J connectivity index is 2.42. The van der Waals surface area contributed by atoms with Crippen molar-refractivity contribution in [2.75, 3.05) is 32.7 Å². The normalized spacial score (nSPS) is 18.2. The average Bonchev–Trinajstić information content (AvgIpc) is 2.46. The molecule has 1 amide bonds. The molecule has 1 atom stereocenters. The smallest absolute Gasteiger partial charge is 0.237 e. The van der Waals surface area contributed by atoms with E-state index >= 15 is 0 Å². The monoisotopic (exact) mass is 297 g/mol. The zero-order valence-electron chi connectivity index (χ0n) is 14.5. The lowest BCUT2D eigenvalue weighted by molar-refractivity contribution is -0.126. The van der Waals surface area contributed by atoms with Crippen molar-refractivity contribution in [2.24, 2.45) is 11.8 Å². The van der Waals surface area contributed by atoms with Gasteiger partial charge in [-0.05, 0) is 64.1 Å². The summed E-state index contributed by atoms with van der Waals surface area (Å²) in [7, 11) is 0. The van der Waals surface area contributed by atoms with Gasteiger partial charge in [0.15, 0.2) is 0 Å². The summed E-state index contributed by atoms with van der Waals surface area (Å²) in [6.45, 7) is 13.8. The minimum atomic E-state index is -0.00741. The van der Waals surface area contributed by atoms with Crippen molar-refractivity contribution in [2.45, 2.75) is 59.4 Å². The van der Waals surface area contributed by atoms with Gasteiger partial charge in [-0.15, -0.1) is 0 Å². The number of hydrogen-bond acceptors (Lipinski definition) is 3. The maximum absolute atomic E-state index is 12.3. The van der Waals surface area contributed by atoms with Crippen LogP contribution in [0.1, 0.15) is 53.4 Å². The van der Waals surface area contributed by atoms with Crippen LogP contribution in [-0.2, 0) is 4.79 Å². The molecule has 1 saturated heterocycles. The molecule has 1 aliphatic heterocycles. The molecule has 124 valence electrons. The predicted octanol–water partition coefficient (Wildman–Crippen LogP) is 2.25. The lowest BCUT2D eigenvalue weighted by atomic mass is 9.97. The van der Waals surface area contributed by atoms with Gasteiger partial charge in [-0.3, -0.25) is 9.69 Å². The fraction of sp³-hybridized carbons (Fsp3) is 0.941. The second-order valence-corrected chi connectivity index (χ2v) is 6.84. The van der Waals surface area contributed by atoms with Crippen molar-refractivity contribution in [1.29, 1.82) is 0 Å².